The Bertz CT molecular complexity index is 454. The maximum absolute atomic E-state index is 12.1. The maximum atomic E-state index is 12.1. The summed E-state index contributed by atoms with van der Waals surface area (Å²) in [6.45, 7) is 5.69. The highest BCUT2D eigenvalue weighted by Crippen LogP contribution is 2.16. The number of anilines is 1. The van der Waals surface area contributed by atoms with Crippen LogP contribution in [0.3, 0.4) is 0 Å². The third-order valence-corrected chi connectivity index (χ3v) is 3.76. The first-order valence-corrected chi connectivity index (χ1v) is 7.39. The van der Waals surface area contributed by atoms with Crippen molar-refractivity contribution in [1.29, 1.82) is 0 Å². The fourth-order valence-corrected chi connectivity index (χ4v) is 2.03. The summed E-state index contributed by atoms with van der Waals surface area (Å²) in [5, 5.41) is 2.87. The van der Waals surface area contributed by atoms with E-state index in [0.29, 0.717) is 24.0 Å². The topological polar surface area (TPSA) is 83.3 Å². The number of aromatic nitrogens is 1. The zero-order chi connectivity index (χ0) is 15.1. The van der Waals surface area contributed by atoms with E-state index in [2.05, 4.69) is 50.4 Å². The van der Waals surface area contributed by atoms with E-state index < -0.39 is 0 Å². The summed E-state index contributed by atoms with van der Waals surface area (Å²) >= 11 is 3.29. The predicted octanol–water partition coefficient (Wildman–Crippen LogP) is 1.59. The standard InChI is InChI=1S/C13H22BrN5O/c1-4-9(2)19(3)6-5-16-13(20)11-7-10(14)8-17-12(11)18-15/h7-9H,4-6,15H2,1-3H3,(H,16,20)(H,17,18). The fourth-order valence-electron chi connectivity index (χ4n) is 1.70. The molecule has 0 aliphatic rings. The highest BCUT2D eigenvalue weighted by atomic mass is 79.9. The van der Waals surface area contributed by atoms with E-state index in [1.807, 2.05) is 7.05 Å². The van der Waals surface area contributed by atoms with E-state index in [1.165, 1.54) is 0 Å². The van der Waals surface area contributed by atoms with E-state index in [1.54, 1.807) is 12.3 Å². The Hall–Kier alpha value is -1.18. The van der Waals surface area contributed by atoms with Gasteiger partial charge in [0.25, 0.3) is 5.91 Å². The molecule has 0 aliphatic heterocycles. The zero-order valence-electron chi connectivity index (χ0n) is 12.1. The van der Waals surface area contributed by atoms with Crippen molar-refractivity contribution in [3.63, 3.8) is 0 Å². The Kier molecular flexibility index (Phi) is 6.90. The Labute approximate surface area is 128 Å². The molecule has 20 heavy (non-hydrogen) atoms. The molecule has 4 N–H and O–H groups in total. The molecular weight excluding hydrogens is 322 g/mol. The molecule has 1 rings (SSSR count). The SMILES string of the molecule is CCC(C)N(C)CCNC(=O)c1cc(Br)cnc1NN. The Morgan fingerprint density at radius 2 is 2.30 bits per heavy atom. The van der Waals surface area contributed by atoms with Crippen LogP contribution in [-0.4, -0.2) is 42.0 Å². The second kappa shape index (κ2) is 8.18. The molecular formula is C13H22BrN5O. The molecule has 0 aliphatic carbocycles. The number of hydrogen-bond acceptors (Lipinski definition) is 5. The second-order valence-corrected chi connectivity index (χ2v) is 5.60. The van der Waals surface area contributed by atoms with Crippen LogP contribution in [0.5, 0.6) is 0 Å². The van der Waals surface area contributed by atoms with Gasteiger partial charge < -0.3 is 15.6 Å². The molecule has 0 fully saturated rings. The summed E-state index contributed by atoms with van der Waals surface area (Å²) in [7, 11) is 2.05. The summed E-state index contributed by atoms with van der Waals surface area (Å²) < 4.78 is 0.735. The van der Waals surface area contributed by atoms with Gasteiger partial charge in [0, 0.05) is 29.8 Å². The summed E-state index contributed by atoms with van der Waals surface area (Å²) in [6, 6.07) is 2.19. The number of nitrogens with two attached hydrogens (primary N) is 1. The van der Waals surface area contributed by atoms with E-state index in [0.717, 1.165) is 17.4 Å². The summed E-state index contributed by atoms with van der Waals surface area (Å²) in [5.41, 5.74) is 2.85. The van der Waals surface area contributed by atoms with Gasteiger partial charge in [0.05, 0.1) is 5.56 Å². The number of nitrogens with one attached hydrogen (secondary N) is 2. The Balaban J connectivity index is 2.57. The van der Waals surface area contributed by atoms with E-state index in [4.69, 9.17) is 5.84 Å². The lowest BCUT2D eigenvalue weighted by Gasteiger charge is -2.23. The molecule has 0 radical (unpaired) electrons. The molecule has 1 amide bonds. The number of hydrogen-bond donors (Lipinski definition) is 3. The molecule has 0 aromatic carbocycles. The minimum Gasteiger partial charge on any atom is -0.351 e. The minimum absolute atomic E-state index is 0.190. The van der Waals surface area contributed by atoms with Gasteiger partial charge in [-0.3, -0.25) is 4.79 Å². The lowest BCUT2D eigenvalue weighted by Crippen LogP contribution is -2.37. The van der Waals surface area contributed by atoms with Crippen LogP contribution >= 0.6 is 15.9 Å². The first-order valence-electron chi connectivity index (χ1n) is 6.60. The quantitative estimate of drug-likeness (QED) is 0.517. The van der Waals surface area contributed by atoms with Crippen LogP contribution in [-0.2, 0) is 0 Å². The van der Waals surface area contributed by atoms with Crippen molar-refractivity contribution in [2.24, 2.45) is 5.84 Å². The number of carbonyl (C=O) groups is 1. The molecule has 0 saturated heterocycles. The lowest BCUT2D eigenvalue weighted by atomic mass is 10.2. The third-order valence-electron chi connectivity index (χ3n) is 3.33. The van der Waals surface area contributed by atoms with Crippen molar-refractivity contribution in [3.05, 3.63) is 22.3 Å². The number of rotatable bonds is 7. The van der Waals surface area contributed by atoms with Gasteiger partial charge in [0.15, 0.2) is 5.82 Å². The van der Waals surface area contributed by atoms with Crippen LogP contribution in [0.1, 0.15) is 30.6 Å². The van der Waals surface area contributed by atoms with Crippen molar-refractivity contribution >= 4 is 27.7 Å². The molecule has 1 atom stereocenters. The third kappa shape index (κ3) is 4.73. The van der Waals surface area contributed by atoms with Gasteiger partial charge in [0.1, 0.15) is 0 Å². The van der Waals surface area contributed by atoms with Crippen LogP contribution in [0.15, 0.2) is 16.7 Å². The van der Waals surface area contributed by atoms with Gasteiger partial charge >= 0.3 is 0 Å². The minimum atomic E-state index is -0.190. The summed E-state index contributed by atoms with van der Waals surface area (Å²) in [4.78, 5) is 18.4. The van der Waals surface area contributed by atoms with Gasteiger partial charge in [-0.25, -0.2) is 10.8 Å². The number of likely N-dealkylation sites (N-methyl/N-ethyl adjacent to an activating group) is 1. The molecule has 1 unspecified atom stereocenters. The second-order valence-electron chi connectivity index (χ2n) is 4.69. The van der Waals surface area contributed by atoms with Gasteiger partial charge in [-0.2, -0.15) is 0 Å². The monoisotopic (exact) mass is 343 g/mol. The van der Waals surface area contributed by atoms with Gasteiger partial charge in [-0.15, -0.1) is 0 Å². The van der Waals surface area contributed by atoms with Crippen LogP contribution in [0, 0.1) is 0 Å². The van der Waals surface area contributed by atoms with Crippen molar-refractivity contribution in [3.8, 4) is 0 Å². The lowest BCUT2D eigenvalue weighted by molar-refractivity contribution is 0.0948. The molecule has 0 saturated carbocycles. The van der Waals surface area contributed by atoms with E-state index in [9.17, 15) is 4.79 Å². The van der Waals surface area contributed by atoms with Crippen molar-refractivity contribution in [2.75, 3.05) is 25.6 Å². The predicted molar refractivity (Wildman–Crippen MR) is 84.5 cm³/mol. The average molecular weight is 344 g/mol. The number of carbonyl (C=O) groups excluding carboxylic acids is 1. The van der Waals surface area contributed by atoms with Crippen molar-refractivity contribution in [1.82, 2.24) is 15.2 Å². The first kappa shape index (κ1) is 16.9. The maximum Gasteiger partial charge on any atom is 0.255 e. The Morgan fingerprint density at radius 3 is 2.90 bits per heavy atom. The highest BCUT2D eigenvalue weighted by Gasteiger charge is 2.13. The van der Waals surface area contributed by atoms with Crippen LogP contribution in [0.25, 0.3) is 0 Å². The van der Waals surface area contributed by atoms with Crippen molar-refractivity contribution < 1.29 is 4.79 Å². The van der Waals surface area contributed by atoms with E-state index >= 15 is 0 Å². The number of nitrogen functional groups attached to an aromatic ring is 1. The highest BCUT2D eigenvalue weighted by molar-refractivity contribution is 9.10. The number of hydrazine groups is 1. The number of amides is 1. The average Bonchev–Trinajstić information content (AvgIpc) is 2.45. The van der Waals surface area contributed by atoms with E-state index in [-0.39, 0.29) is 5.91 Å². The van der Waals surface area contributed by atoms with Gasteiger partial charge in [0.2, 0.25) is 0 Å². The molecule has 1 aromatic heterocycles. The molecule has 1 aromatic rings. The number of halogens is 1. The molecule has 1 heterocycles. The number of nitrogens with zero attached hydrogens (tertiary/aromatic N) is 2. The summed E-state index contributed by atoms with van der Waals surface area (Å²) in [5.74, 6) is 5.53. The van der Waals surface area contributed by atoms with Crippen LogP contribution in [0.4, 0.5) is 5.82 Å². The molecule has 0 bridgehead atoms. The van der Waals surface area contributed by atoms with Crippen LogP contribution < -0.4 is 16.6 Å². The number of pyridine rings is 1. The van der Waals surface area contributed by atoms with Gasteiger partial charge in [-0.05, 0) is 42.4 Å². The fraction of sp³-hybridized carbons (Fsp3) is 0.538. The molecule has 0 spiro atoms. The molecule has 112 valence electrons. The smallest absolute Gasteiger partial charge is 0.255 e. The zero-order valence-corrected chi connectivity index (χ0v) is 13.7. The normalized spacial score (nSPS) is 12.3. The van der Waals surface area contributed by atoms with Gasteiger partial charge in [-0.1, -0.05) is 6.92 Å². The van der Waals surface area contributed by atoms with Crippen molar-refractivity contribution in [2.45, 2.75) is 26.3 Å². The first-order chi connectivity index (χ1) is 9.49. The van der Waals surface area contributed by atoms with Crippen LogP contribution in [0.2, 0.25) is 0 Å². The Morgan fingerprint density at radius 1 is 1.60 bits per heavy atom. The summed E-state index contributed by atoms with van der Waals surface area (Å²) in [6.07, 6.45) is 2.67. The largest absolute Gasteiger partial charge is 0.351 e. The molecule has 7 heteroatoms. The molecule has 6 nitrogen and oxygen atoms in total.